The van der Waals surface area contributed by atoms with Crippen molar-refractivity contribution in [2.24, 2.45) is 18.8 Å². The second-order valence-electron chi connectivity index (χ2n) is 4.65. The van der Waals surface area contributed by atoms with E-state index in [2.05, 4.69) is 10.5 Å². The van der Waals surface area contributed by atoms with Crippen LogP contribution >= 0.6 is 11.6 Å². The maximum atomic E-state index is 6.21. The third kappa shape index (κ3) is 2.10. The van der Waals surface area contributed by atoms with E-state index in [-0.39, 0.29) is 0 Å². The van der Waals surface area contributed by atoms with Gasteiger partial charge in [-0.15, -0.1) is 0 Å². The molecule has 90 valence electrons. The predicted octanol–water partition coefficient (Wildman–Crippen LogP) is 1.56. The summed E-state index contributed by atoms with van der Waals surface area (Å²) in [6, 6.07) is 0.328. The third-order valence-corrected chi connectivity index (χ3v) is 4.10. The van der Waals surface area contributed by atoms with E-state index in [4.69, 9.17) is 17.4 Å². The standard InChI is InChI=1S/C11H19ClN4/c1-7-9(11(12)16(2)15-7)6-10(14-13)8-4-3-5-8/h8,10,14H,3-6,13H2,1-2H3. The van der Waals surface area contributed by atoms with Crippen molar-refractivity contribution in [1.82, 2.24) is 15.2 Å². The van der Waals surface area contributed by atoms with Gasteiger partial charge in [0, 0.05) is 18.7 Å². The number of nitrogens with two attached hydrogens (primary N) is 1. The SMILES string of the molecule is Cc1nn(C)c(Cl)c1CC(NN)C1CCC1. The van der Waals surface area contributed by atoms with E-state index in [0.717, 1.165) is 22.8 Å². The lowest BCUT2D eigenvalue weighted by molar-refractivity contribution is 0.228. The van der Waals surface area contributed by atoms with Gasteiger partial charge in [-0.1, -0.05) is 18.0 Å². The first kappa shape index (κ1) is 11.9. The number of aromatic nitrogens is 2. The number of halogens is 1. The molecule has 1 aromatic rings. The third-order valence-electron chi connectivity index (χ3n) is 3.63. The highest BCUT2D eigenvalue weighted by atomic mass is 35.5. The number of nitrogens with one attached hydrogen (secondary N) is 1. The number of hydrogen-bond acceptors (Lipinski definition) is 3. The van der Waals surface area contributed by atoms with Crippen LogP contribution in [0, 0.1) is 12.8 Å². The largest absolute Gasteiger partial charge is 0.271 e. The van der Waals surface area contributed by atoms with Crippen molar-refractivity contribution in [3.05, 3.63) is 16.4 Å². The average Bonchev–Trinajstić information content (AvgIpc) is 2.40. The molecule has 3 N–H and O–H groups in total. The van der Waals surface area contributed by atoms with Crippen molar-refractivity contribution in [2.45, 2.75) is 38.6 Å². The first-order chi connectivity index (χ1) is 7.63. The van der Waals surface area contributed by atoms with Crippen molar-refractivity contribution in [3.8, 4) is 0 Å². The monoisotopic (exact) mass is 242 g/mol. The van der Waals surface area contributed by atoms with Crippen LogP contribution in [0.4, 0.5) is 0 Å². The quantitative estimate of drug-likeness (QED) is 0.622. The summed E-state index contributed by atoms with van der Waals surface area (Å²) >= 11 is 6.21. The molecule has 0 spiro atoms. The highest BCUT2D eigenvalue weighted by Gasteiger charge is 2.28. The van der Waals surface area contributed by atoms with Crippen LogP contribution in [0.1, 0.15) is 30.5 Å². The fourth-order valence-corrected chi connectivity index (χ4v) is 2.58. The Hall–Kier alpha value is -0.580. The minimum atomic E-state index is 0.328. The fourth-order valence-electron chi connectivity index (χ4n) is 2.33. The molecule has 1 aliphatic rings. The zero-order valence-corrected chi connectivity index (χ0v) is 10.6. The van der Waals surface area contributed by atoms with Gasteiger partial charge in [0.05, 0.1) is 5.69 Å². The van der Waals surface area contributed by atoms with Crippen molar-refractivity contribution in [2.75, 3.05) is 0 Å². The Balaban J connectivity index is 2.11. The smallest absolute Gasteiger partial charge is 0.130 e. The average molecular weight is 243 g/mol. The van der Waals surface area contributed by atoms with Crippen molar-refractivity contribution in [1.29, 1.82) is 0 Å². The summed E-state index contributed by atoms with van der Waals surface area (Å²) < 4.78 is 1.72. The summed E-state index contributed by atoms with van der Waals surface area (Å²) in [4.78, 5) is 0. The van der Waals surface area contributed by atoms with Crippen molar-refractivity contribution >= 4 is 11.6 Å². The first-order valence-corrected chi connectivity index (χ1v) is 6.15. The molecular formula is C11H19ClN4. The molecule has 1 unspecified atom stereocenters. The Morgan fingerprint density at radius 2 is 2.31 bits per heavy atom. The Bertz CT molecular complexity index is 370. The summed E-state index contributed by atoms with van der Waals surface area (Å²) in [5.74, 6) is 6.31. The lowest BCUT2D eigenvalue weighted by Gasteiger charge is -2.33. The molecule has 0 amide bonds. The molecule has 0 bridgehead atoms. The Morgan fingerprint density at radius 1 is 1.62 bits per heavy atom. The van der Waals surface area contributed by atoms with Gasteiger partial charge in [0.25, 0.3) is 0 Å². The topological polar surface area (TPSA) is 55.9 Å². The van der Waals surface area contributed by atoms with Gasteiger partial charge in [0.2, 0.25) is 0 Å². The molecule has 1 heterocycles. The van der Waals surface area contributed by atoms with E-state index < -0.39 is 0 Å². The van der Waals surface area contributed by atoms with Gasteiger partial charge >= 0.3 is 0 Å². The summed E-state index contributed by atoms with van der Waals surface area (Å²) in [6.07, 6.45) is 4.74. The minimum absolute atomic E-state index is 0.328. The minimum Gasteiger partial charge on any atom is -0.271 e. The second kappa shape index (κ2) is 4.73. The molecule has 5 heteroatoms. The van der Waals surface area contributed by atoms with Crippen LogP contribution in [0.3, 0.4) is 0 Å². The molecular weight excluding hydrogens is 224 g/mol. The van der Waals surface area contributed by atoms with Crippen LogP contribution < -0.4 is 11.3 Å². The molecule has 1 atom stereocenters. The molecule has 0 aliphatic heterocycles. The molecule has 0 radical (unpaired) electrons. The summed E-state index contributed by atoms with van der Waals surface area (Å²) in [6.45, 7) is 2.00. The lowest BCUT2D eigenvalue weighted by Crippen LogP contribution is -2.45. The van der Waals surface area contributed by atoms with Gasteiger partial charge in [0.1, 0.15) is 5.15 Å². The van der Waals surface area contributed by atoms with Crippen molar-refractivity contribution in [3.63, 3.8) is 0 Å². The van der Waals surface area contributed by atoms with E-state index in [1.165, 1.54) is 19.3 Å². The fraction of sp³-hybridized carbons (Fsp3) is 0.727. The van der Waals surface area contributed by atoms with Gasteiger partial charge in [-0.05, 0) is 32.1 Å². The van der Waals surface area contributed by atoms with Gasteiger partial charge < -0.3 is 0 Å². The van der Waals surface area contributed by atoms with Crippen LogP contribution in [-0.4, -0.2) is 15.8 Å². The van der Waals surface area contributed by atoms with E-state index in [9.17, 15) is 0 Å². The van der Waals surface area contributed by atoms with E-state index in [1.807, 2.05) is 14.0 Å². The number of rotatable bonds is 4. The summed E-state index contributed by atoms with van der Waals surface area (Å²) in [5, 5.41) is 5.05. The zero-order chi connectivity index (χ0) is 11.7. The Morgan fingerprint density at radius 3 is 2.69 bits per heavy atom. The van der Waals surface area contributed by atoms with Crippen LogP contribution in [-0.2, 0) is 13.5 Å². The highest BCUT2D eigenvalue weighted by Crippen LogP contribution is 2.32. The lowest BCUT2D eigenvalue weighted by atomic mass is 9.78. The number of hydrazine groups is 1. The highest BCUT2D eigenvalue weighted by molar-refractivity contribution is 6.30. The van der Waals surface area contributed by atoms with Gasteiger partial charge in [0.15, 0.2) is 0 Å². The van der Waals surface area contributed by atoms with Crippen LogP contribution in [0.2, 0.25) is 5.15 Å². The van der Waals surface area contributed by atoms with Gasteiger partial charge in [-0.25, -0.2) is 0 Å². The first-order valence-electron chi connectivity index (χ1n) is 5.77. The molecule has 1 aromatic heterocycles. The van der Waals surface area contributed by atoms with E-state index in [0.29, 0.717) is 12.0 Å². The zero-order valence-electron chi connectivity index (χ0n) is 9.83. The molecule has 16 heavy (non-hydrogen) atoms. The van der Waals surface area contributed by atoms with Gasteiger partial charge in [-0.2, -0.15) is 5.10 Å². The normalized spacial score (nSPS) is 18.5. The maximum Gasteiger partial charge on any atom is 0.130 e. The number of hydrogen-bond donors (Lipinski definition) is 2. The Labute approximate surface area is 101 Å². The molecule has 1 aliphatic carbocycles. The van der Waals surface area contributed by atoms with Crippen LogP contribution in [0.25, 0.3) is 0 Å². The molecule has 2 rings (SSSR count). The molecule has 1 fully saturated rings. The molecule has 1 saturated carbocycles. The second-order valence-corrected chi connectivity index (χ2v) is 5.00. The molecule has 4 nitrogen and oxygen atoms in total. The maximum absolute atomic E-state index is 6.21. The summed E-state index contributed by atoms with van der Waals surface area (Å²) in [7, 11) is 1.87. The molecule has 0 aromatic carbocycles. The van der Waals surface area contributed by atoms with Crippen LogP contribution in [0.5, 0.6) is 0 Å². The van der Waals surface area contributed by atoms with Gasteiger partial charge in [-0.3, -0.25) is 16.0 Å². The van der Waals surface area contributed by atoms with Crippen LogP contribution in [0.15, 0.2) is 0 Å². The van der Waals surface area contributed by atoms with E-state index >= 15 is 0 Å². The van der Waals surface area contributed by atoms with E-state index in [1.54, 1.807) is 4.68 Å². The number of aryl methyl sites for hydroxylation is 2. The molecule has 0 saturated heterocycles. The Kier molecular flexibility index (Phi) is 3.52. The number of nitrogens with zero attached hydrogens (tertiary/aromatic N) is 2. The predicted molar refractivity (Wildman–Crippen MR) is 65.1 cm³/mol. The summed E-state index contributed by atoms with van der Waals surface area (Å²) in [5.41, 5.74) is 5.05. The van der Waals surface area contributed by atoms with Crippen molar-refractivity contribution < 1.29 is 0 Å².